The van der Waals surface area contributed by atoms with Crippen LogP contribution in [0.2, 0.25) is 5.02 Å². The Labute approximate surface area is 213 Å². The first-order valence-electron chi connectivity index (χ1n) is 10.6. The molecule has 1 amide bonds. The zero-order chi connectivity index (χ0) is 27.4. The Balaban J connectivity index is 1.85. The van der Waals surface area contributed by atoms with Crippen molar-refractivity contribution >= 4 is 37.4 Å². The SMILES string of the molecule is O=C(CNS(=O)(=O)C(F)(F)F)N1CCC[C@@]2(S(=O)(=O)c3ccc(Cl)cc3)c3c(F)ccc(F)c3OC[C@@H]12. The Hall–Kier alpha value is -2.49. The summed E-state index contributed by atoms with van der Waals surface area (Å²) in [5.74, 6) is -4.06. The van der Waals surface area contributed by atoms with Crippen molar-refractivity contribution in [3.8, 4) is 5.75 Å². The maximum absolute atomic E-state index is 15.3. The van der Waals surface area contributed by atoms with Gasteiger partial charge in [-0.25, -0.2) is 25.6 Å². The van der Waals surface area contributed by atoms with Gasteiger partial charge in [0.25, 0.3) is 0 Å². The van der Waals surface area contributed by atoms with Gasteiger partial charge >= 0.3 is 15.5 Å². The normalized spacial score (nSPS) is 22.1. The standard InChI is InChI=1S/C21H18ClF5N2O6S2/c22-12-2-4-13(5-3-12)36(31,32)20-8-1-9-29(17(30)10-28-37(33,34)21(25,26)27)16(20)11-35-19-15(24)7-6-14(23)18(19)20/h2-7,16,28H,1,8-11H2/t16-,20+/m1/s1. The summed E-state index contributed by atoms with van der Waals surface area (Å²) in [6.07, 6.45) is -0.381. The largest absolute Gasteiger partial charge is 0.511 e. The number of carbonyl (C=O) groups is 1. The molecule has 0 spiro atoms. The average molecular weight is 589 g/mol. The van der Waals surface area contributed by atoms with Gasteiger partial charge in [-0.05, 0) is 49.2 Å². The number of ether oxygens (including phenoxy) is 1. The van der Waals surface area contributed by atoms with Crippen molar-refractivity contribution in [3.05, 3.63) is 58.6 Å². The van der Waals surface area contributed by atoms with Crippen molar-refractivity contribution in [2.45, 2.75) is 34.0 Å². The van der Waals surface area contributed by atoms with E-state index in [-0.39, 0.29) is 29.3 Å². The van der Waals surface area contributed by atoms with Crippen molar-refractivity contribution in [2.75, 3.05) is 19.7 Å². The van der Waals surface area contributed by atoms with Crippen LogP contribution in [0.25, 0.3) is 0 Å². The predicted molar refractivity (Wildman–Crippen MR) is 120 cm³/mol. The maximum atomic E-state index is 15.3. The third-order valence-electron chi connectivity index (χ3n) is 6.37. The van der Waals surface area contributed by atoms with Gasteiger partial charge in [0.15, 0.2) is 21.4 Å². The molecule has 0 radical (unpaired) electrons. The molecular formula is C21H18ClF5N2O6S2. The molecule has 0 unspecified atom stereocenters. The highest BCUT2D eigenvalue weighted by Crippen LogP contribution is 2.53. The molecule has 1 N–H and O–H groups in total. The molecule has 0 bridgehead atoms. The number of nitrogens with zero attached hydrogens (tertiary/aromatic N) is 1. The van der Waals surface area contributed by atoms with E-state index in [1.165, 1.54) is 12.1 Å². The molecule has 2 heterocycles. The highest BCUT2D eigenvalue weighted by Gasteiger charge is 2.61. The fourth-order valence-corrected chi connectivity index (χ4v) is 7.69. The molecule has 202 valence electrons. The van der Waals surface area contributed by atoms with Crippen LogP contribution in [0.15, 0.2) is 41.3 Å². The van der Waals surface area contributed by atoms with Crippen LogP contribution >= 0.6 is 11.6 Å². The van der Waals surface area contributed by atoms with Gasteiger partial charge in [0.05, 0.1) is 23.0 Å². The van der Waals surface area contributed by atoms with Gasteiger partial charge in [0, 0.05) is 11.6 Å². The molecular weight excluding hydrogens is 571 g/mol. The van der Waals surface area contributed by atoms with Crippen LogP contribution in [0.4, 0.5) is 22.0 Å². The molecule has 8 nitrogen and oxygen atoms in total. The van der Waals surface area contributed by atoms with Crippen molar-refractivity contribution in [3.63, 3.8) is 0 Å². The molecule has 0 saturated carbocycles. The highest BCUT2D eigenvalue weighted by atomic mass is 35.5. The van der Waals surface area contributed by atoms with Gasteiger partial charge in [-0.15, -0.1) is 0 Å². The van der Waals surface area contributed by atoms with Crippen LogP contribution < -0.4 is 9.46 Å². The van der Waals surface area contributed by atoms with E-state index in [2.05, 4.69) is 0 Å². The second-order valence-electron chi connectivity index (χ2n) is 8.37. The fraction of sp³-hybridized carbons (Fsp3) is 0.381. The number of hydrogen-bond donors (Lipinski definition) is 1. The number of hydrogen-bond acceptors (Lipinski definition) is 6. The van der Waals surface area contributed by atoms with E-state index in [0.29, 0.717) is 6.07 Å². The first kappa shape index (κ1) is 27.5. The molecule has 0 aromatic heterocycles. The smallest absolute Gasteiger partial charge is 0.488 e. The number of alkyl halides is 3. The minimum absolute atomic E-state index is 0.0868. The number of sulfonamides is 1. The van der Waals surface area contributed by atoms with Gasteiger partial charge in [-0.2, -0.15) is 17.9 Å². The Morgan fingerprint density at radius 3 is 2.32 bits per heavy atom. The molecule has 1 fully saturated rings. The lowest BCUT2D eigenvalue weighted by molar-refractivity contribution is -0.136. The van der Waals surface area contributed by atoms with E-state index < -0.39 is 78.2 Å². The molecule has 37 heavy (non-hydrogen) atoms. The van der Waals surface area contributed by atoms with Gasteiger partial charge in [-0.1, -0.05) is 11.6 Å². The lowest BCUT2D eigenvalue weighted by Gasteiger charge is -2.51. The second kappa shape index (κ2) is 9.36. The molecule has 0 aliphatic carbocycles. The van der Waals surface area contributed by atoms with Crippen LogP contribution in [0.3, 0.4) is 0 Å². The maximum Gasteiger partial charge on any atom is 0.511 e. The van der Waals surface area contributed by atoms with Crippen LogP contribution in [0.5, 0.6) is 5.75 Å². The zero-order valence-corrected chi connectivity index (χ0v) is 20.9. The van der Waals surface area contributed by atoms with E-state index >= 15 is 4.39 Å². The minimum atomic E-state index is -5.88. The summed E-state index contributed by atoms with van der Waals surface area (Å²) in [5, 5.41) is 0.190. The number of carbonyl (C=O) groups excluding carboxylic acids is 1. The average Bonchev–Trinajstić information content (AvgIpc) is 2.83. The summed E-state index contributed by atoms with van der Waals surface area (Å²) in [6.45, 7) is -2.21. The topological polar surface area (TPSA) is 110 Å². The molecule has 2 aliphatic heterocycles. The summed E-state index contributed by atoms with van der Waals surface area (Å²) in [5.41, 5.74) is -6.35. The van der Waals surface area contributed by atoms with E-state index in [4.69, 9.17) is 16.3 Å². The molecule has 2 aliphatic rings. The summed E-state index contributed by atoms with van der Waals surface area (Å²) < 4.78 is 123. The number of halogens is 6. The summed E-state index contributed by atoms with van der Waals surface area (Å²) in [7, 11) is -10.5. The van der Waals surface area contributed by atoms with E-state index in [9.17, 15) is 39.2 Å². The van der Waals surface area contributed by atoms with Crippen LogP contribution in [-0.4, -0.2) is 58.9 Å². The van der Waals surface area contributed by atoms with Crippen molar-refractivity contribution in [1.29, 1.82) is 0 Å². The first-order valence-corrected chi connectivity index (χ1v) is 13.9. The second-order valence-corrected chi connectivity index (χ2v) is 12.8. The monoisotopic (exact) mass is 588 g/mol. The number of piperidine rings is 1. The zero-order valence-electron chi connectivity index (χ0n) is 18.6. The number of benzene rings is 2. The quantitative estimate of drug-likeness (QED) is 0.538. The number of amides is 1. The Morgan fingerprint density at radius 2 is 1.70 bits per heavy atom. The van der Waals surface area contributed by atoms with E-state index in [1.54, 1.807) is 0 Å². The molecule has 4 rings (SSSR count). The minimum Gasteiger partial charge on any atom is -0.488 e. The molecule has 2 aromatic rings. The molecule has 2 atom stereocenters. The Morgan fingerprint density at radius 1 is 1.08 bits per heavy atom. The number of fused-ring (bicyclic) bond motifs is 3. The van der Waals surface area contributed by atoms with Gasteiger partial charge < -0.3 is 9.64 Å². The Bertz CT molecular complexity index is 1450. The van der Waals surface area contributed by atoms with Crippen molar-refractivity contribution in [1.82, 2.24) is 9.62 Å². The number of likely N-dealkylation sites (tertiary alicyclic amines) is 1. The lowest BCUT2D eigenvalue weighted by atomic mass is 9.80. The Kier molecular flexibility index (Phi) is 6.97. The summed E-state index contributed by atoms with van der Waals surface area (Å²) >= 11 is 5.87. The summed E-state index contributed by atoms with van der Waals surface area (Å²) in [4.78, 5) is 13.4. The van der Waals surface area contributed by atoms with Crippen LogP contribution in [0.1, 0.15) is 18.4 Å². The lowest BCUT2D eigenvalue weighted by Crippen LogP contribution is -2.65. The molecule has 16 heteroatoms. The summed E-state index contributed by atoms with van der Waals surface area (Å²) in [6, 6.07) is 4.74. The van der Waals surface area contributed by atoms with Crippen molar-refractivity contribution < 1.29 is 48.3 Å². The highest BCUT2D eigenvalue weighted by molar-refractivity contribution is 7.92. The van der Waals surface area contributed by atoms with Crippen molar-refractivity contribution in [2.24, 2.45) is 0 Å². The van der Waals surface area contributed by atoms with Crippen LogP contribution in [-0.2, 0) is 29.4 Å². The third-order valence-corrected chi connectivity index (χ3v) is 10.3. The van der Waals surface area contributed by atoms with Gasteiger partial charge in [-0.3, -0.25) is 4.79 Å². The molecule has 2 aromatic carbocycles. The number of nitrogens with one attached hydrogen (secondary N) is 1. The molecule has 1 saturated heterocycles. The number of sulfone groups is 1. The number of rotatable bonds is 5. The third kappa shape index (κ3) is 4.45. The fourth-order valence-electron chi connectivity index (χ4n) is 4.74. The van der Waals surface area contributed by atoms with Crippen LogP contribution in [0, 0.1) is 11.6 Å². The first-order chi connectivity index (χ1) is 17.1. The predicted octanol–water partition coefficient (Wildman–Crippen LogP) is 3.11. The van der Waals surface area contributed by atoms with E-state index in [0.717, 1.165) is 27.8 Å². The van der Waals surface area contributed by atoms with E-state index in [1.807, 2.05) is 0 Å². The van der Waals surface area contributed by atoms with Gasteiger partial charge in [0.2, 0.25) is 5.91 Å². The van der Waals surface area contributed by atoms with Gasteiger partial charge in [0.1, 0.15) is 17.2 Å².